The topological polar surface area (TPSA) is 222 Å². The fourth-order valence-corrected chi connectivity index (χ4v) is 5.45. The second-order valence-electron chi connectivity index (χ2n) is 5.97. The molecule has 14 nitrogen and oxygen atoms in total. The summed E-state index contributed by atoms with van der Waals surface area (Å²) >= 11 is 0. The van der Waals surface area contributed by atoms with Crippen LogP contribution in [0.15, 0.2) is 10.9 Å². The molecule has 172 valence electrons. The quantitative estimate of drug-likeness (QED) is 0.209. The number of H-pyrrole nitrogens is 1. The summed E-state index contributed by atoms with van der Waals surface area (Å²) in [4.78, 5) is 48.4. The Morgan fingerprint density at radius 1 is 1.17 bits per heavy atom. The maximum Gasteiger partial charge on any atom is 0.490 e. The second kappa shape index (κ2) is 8.94. The van der Waals surface area contributed by atoms with Gasteiger partial charge in [-0.25, -0.2) is 18.1 Å². The molecule has 0 aliphatic carbocycles. The third kappa shape index (κ3) is 6.57. The third-order valence-corrected chi connectivity index (χ3v) is 7.45. The highest BCUT2D eigenvalue weighted by molar-refractivity contribution is 7.66. The number of rotatable bonds is 8. The first-order valence-electron chi connectivity index (χ1n) is 7.66. The average Bonchev–Trinajstić information content (AvgIpc) is 2.81. The lowest BCUT2D eigenvalue weighted by molar-refractivity contribution is -0.0231. The van der Waals surface area contributed by atoms with Gasteiger partial charge in [0, 0.05) is 11.1 Å². The number of alkyl halides is 1. The molecule has 19 heteroatoms. The zero-order chi connectivity index (χ0) is 23.1. The van der Waals surface area contributed by atoms with E-state index < -0.39 is 71.6 Å². The number of halogens is 2. The van der Waals surface area contributed by atoms with Gasteiger partial charge in [-0.1, -0.05) is 0 Å². The molecule has 0 saturated carbocycles. The van der Waals surface area contributed by atoms with Gasteiger partial charge in [0.05, 0.1) is 6.61 Å². The molecular weight excluding hydrogens is 485 g/mol. The number of phosphoric ester groups is 1. The Labute approximate surface area is 165 Å². The van der Waals surface area contributed by atoms with E-state index in [0.717, 1.165) is 6.07 Å². The van der Waals surface area contributed by atoms with Crippen molar-refractivity contribution >= 4 is 23.5 Å². The van der Waals surface area contributed by atoms with Crippen molar-refractivity contribution in [3.63, 3.8) is 0 Å². The van der Waals surface area contributed by atoms with E-state index in [1.807, 2.05) is 4.98 Å². The molecule has 6 N–H and O–H groups in total. The summed E-state index contributed by atoms with van der Waals surface area (Å²) in [6.07, 6.45) is -7.74. The van der Waals surface area contributed by atoms with E-state index in [-0.39, 0.29) is 5.56 Å². The Morgan fingerprint density at radius 3 is 2.33 bits per heavy atom. The van der Waals surface area contributed by atoms with Crippen LogP contribution in [-0.2, 0) is 31.6 Å². The number of aromatic amines is 1. The number of hydrogen-bond donors (Lipinski definition) is 6. The van der Waals surface area contributed by atoms with Crippen LogP contribution in [0.25, 0.3) is 0 Å². The number of aliphatic hydroxyl groups is 1. The lowest BCUT2D eigenvalue weighted by Gasteiger charge is -2.19. The lowest BCUT2D eigenvalue weighted by atomic mass is 10.0. The van der Waals surface area contributed by atoms with E-state index in [0.29, 0.717) is 0 Å². The van der Waals surface area contributed by atoms with Crippen LogP contribution < -0.4 is 5.56 Å². The van der Waals surface area contributed by atoms with Gasteiger partial charge in [0.1, 0.15) is 18.3 Å². The summed E-state index contributed by atoms with van der Waals surface area (Å²) in [7, 11) is -16.9. The molecule has 0 radical (unpaired) electrons. The number of aryl methyl sites for hydroxylation is 1. The second-order valence-corrected chi connectivity index (χ2v) is 10.4. The summed E-state index contributed by atoms with van der Waals surface area (Å²) in [6.45, 7) is 0.166. The number of ether oxygens (including phenoxy) is 1. The summed E-state index contributed by atoms with van der Waals surface area (Å²) in [5, 5.41) is 9.87. The van der Waals surface area contributed by atoms with Crippen LogP contribution in [0, 0.1) is 12.9 Å². The third-order valence-electron chi connectivity index (χ3n) is 3.65. The molecule has 30 heavy (non-hydrogen) atoms. The Kier molecular flexibility index (Phi) is 7.57. The van der Waals surface area contributed by atoms with Crippen molar-refractivity contribution in [2.24, 2.45) is 0 Å². The number of nitrogens with one attached hydrogen (secondary N) is 1. The highest BCUT2D eigenvalue weighted by Gasteiger charge is 2.48. The summed E-state index contributed by atoms with van der Waals surface area (Å²) in [5.74, 6) is -1.24. The molecule has 0 spiro atoms. The molecular formula is C11H16F2NO13P3. The van der Waals surface area contributed by atoms with Crippen molar-refractivity contribution in [2.45, 2.75) is 31.4 Å². The predicted octanol–water partition coefficient (Wildman–Crippen LogP) is 0.305. The van der Waals surface area contributed by atoms with Gasteiger partial charge < -0.3 is 29.4 Å². The van der Waals surface area contributed by atoms with Crippen LogP contribution in [0.1, 0.15) is 17.2 Å². The van der Waals surface area contributed by atoms with Crippen molar-refractivity contribution in [1.29, 1.82) is 0 Å². The highest BCUT2D eigenvalue weighted by Crippen LogP contribution is 2.66. The van der Waals surface area contributed by atoms with Gasteiger partial charge in [0.15, 0.2) is 12.1 Å². The van der Waals surface area contributed by atoms with E-state index in [1.165, 1.54) is 6.92 Å². The normalized spacial score (nSPS) is 28.8. The molecule has 1 aliphatic heterocycles. The van der Waals surface area contributed by atoms with E-state index in [2.05, 4.69) is 13.1 Å². The number of pyridine rings is 1. The van der Waals surface area contributed by atoms with Crippen molar-refractivity contribution < 1.29 is 65.0 Å². The van der Waals surface area contributed by atoms with E-state index in [9.17, 15) is 37.3 Å². The Bertz CT molecular complexity index is 995. The maximum atomic E-state index is 14.4. The minimum Gasteiger partial charge on any atom is -0.387 e. The fraction of sp³-hybridized carbons (Fsp3) is 0.545. The van der Waals surface area contributed by atoms with Gasteiger partial charge in [-0.3, -0.25) is 14.3 Å². The average molecular weight is 501 g/mol. The smallest absolute Gasteiger partial charge is 0.387 e. The molecule has 6 atom stereocenters. The van der Waals surface area contributed by atoms with Crippen molar-refractivity contribution in [2.75, 3.05) is 6.61 Å². The van der Waals surface area contributed by atoms with Gasteiger partial charge in [-0.2, -0.15) is 13.0 Å². The van der Waals surface area contributed by atoms with Crippen molar-refractivity contribution in [3.8, 4) is 0 Å². The number of aromatic nitrogens is 1. The van der Waals surface area contributed by atoms with Crippen LogP contribution in [0.3, 0.4) is 0 Å². The van der Waals surface area contributed by atoms with Gasteiger partial charge >= 0.3 is 23.5 Å². The molecule has 2 heterocycles. The molecule has 1 aromatic heterocycles. The Hall–Kier alpha value is -0.860. The van der Waals surface area contributed by atoms with E-state index >= 15 is 0 Å². The summed E-state index contributed by atoms with van der Waals surface area (Å²) < 4.78 is 78.1. The summed E-state index contributed by atoms with van der Waals surface area (Å²) in [6, 6.07) is 0.975. The maximum absolute atomic E-state index is 14.4. The molecule has 0 bridgehead atoms. The first-order chi connectivity index (χ1) is 13.5. The monoisotopic (exact) mass is 501 g/mol. The van der Waals surface area contributed by atoms with E-state index in [4.69, 9.17) is 19.4 Å². The molecule has 3 unspecified atom stereocenters. The van der Waals surface area contributed by atoms with Crippen LogP contribution in [-0.4, -0.2) is 54.7 Å². The zero-order valence-electron chi connectivity index (χ0n) is 14.7. The van der Waals surface area contributed by atoms with Gasteiger partial charge in [-0.15, -0.1) is 0 Å². The first-order valence-corrected chi connectivity index (χ1v) is 12.2. The first kappa shape index (κ1) is 25.4. The standard InChI is InChI=1S/C11H16F2NO13P3/c1-4-2-5(10(13)14-11(4)16)9-7(12)8(15)6(25-9)3-24-29(20,21)27-30(22,23)26-28(17,18)19/h2,6-9,15H,3H2,1H3,(H,14,16)(H,20,21)(H,22,23)(H2,17,18,19)/t6-,7+,8?,9+/m1/s1. The SMILES string of the molecule is Cc1cc([C@@H]2O[C@H](COP(=O)(O)OP(=O)(O)OP(=O)(O)O)C(O)[C@@H]2F)c(F)[nH]c1=O. The lowest BCUT2D eigenvalue weighted by Crippen LogP contribution is -2.31. The number of phosphoric acid groups is 3. The van der Waals surface area contributed by atoms with Gasteiger partial charge in [0.2, 0.25) is 0 Å². The molecule has 1 saturated heterocycles. The minimum atomic E-state index is -5.76. The molecule has 0 amide bonds. The molecule has 1 aromatic rings. The van der Waals surface area contributed by atoms with E-state index in [1.54, 1.807) is 0 Å². The molecule has 1 fully saturated rings. The highest BCUT2D eigenvalue weighted by atomic mass is 31.3. The van der Waals surface area contributed by atoms with Crippen LogP contribution >= 0.6 is 23.5 Å². The zero-order valence-corrected chi connectivity index (χ0v) is 17.4. The summed E-state index contributed by atoms with van der Waals surface area (Å²) in [5.41, 5.74) is -1.23. The van der Waals surface area contributed by atoms with Gasteiger partial charge in [0.25, 0.3) is 5.56 Å². The minimum absolute atomic E-state index is 0.00778. The van der Waals surface area contributed by atoms with Gasteiger partial charge in [-0.05, 0) is 13.0 Å². The number of hydrogen-bond acceptors (Lipinski definition) is 9. The van der Waals surface area contributed by atoms with Crippen molar-refractivity contribution in [1.82, 2.24) is 4.98 Å². The molecule has 1 aliphatic rings. The van der Waals surface area contributed by atoms with Crippen LogP contribution in [0.2, 0.25) is 0 Å². The number of aliphatic hydroxyl groups excluding tert-OH is 1. The van der Waals surface area contributed by atoms with Crippen LogP contribution in [0.4, 0.5) is 8.78 Å². The molecule has 2 rings (SSSR count). The van der Waals surface area contributed by atoms with Crippen LogP contribution in [0.5, 0.6) is 0 Å². The molecule has 0 aromatic carbocycles. The largest absolute Gasteiger partial charge is 0.490 e. The predicted molar refractivity (Wildman–Crippen MR) is 90.1 cm³/mol. The van der Waals surface area contributed by atoms with Crippen molar-refractivity contribution in [3.05, 3.63) is 33.5 Å². The Balaban J connectivity index is 2.08. The fourth-order valence-electron chi connectivity index (χ4n) is 2.42. The Morgan fingerprint density at radius 2 is 1.77 bits per heavy atom.